The number of hydrogen-bond donors (Lipinski definition) is 1. The Labute approximate surface area is 229 Å². The highest BCUT2D eigenvalue weighted by molar-refractivity contribution is 5.89. The fraction of sp³-hybridized carbons (Fsp3) is 0.219. The number of aromatic nitrogens is 1. The molecule has 1 heterocycles. The minimum atomic E-state index is -0.725. The van der Waals surface area contributed by atoms with Crippen molar-refractivity contribution in [3.8, 4) is 11.5 Å². The lowest BCUT2D eigenvalue weighted by molar-refractivity contribution is -0.140. The number of hydrogen-bond acceptors (Lipinski definition) is 5. The molecule has 4 aromatic rings. The fourth-order valence-corrected chi connectivity index (χ4v) is 4.41. The zero-order chi connectivity index (χ0) is 27.5. The van der Waals surface area contributed by atoms with E-state index in [9.17, 15) is 9.59 Å². The van der Waals surface area contributed by atoms with Crippen molar-refractivity contribution in [2.45, 2.75) is 32.0 Å². The van der Waals surface area contributed by atoms with Crippen molar-refractivity contribution in [3.63, 3.8) is 0 Å². The molecule has 0 fully saturated rings. The molecule has 1 N–H and O–H groups in total. The van der Waals surface area contributed by atoms with Gasteiger partial charge in [-0.3, -0.25) is 14.6 Å². The first-order valence-corrected chi connectivity index (χ1v) is 12.8. The number of methoxy groups -OCH3 is 2. The highest BCUT2D eigenvalue weighted by Crippen LogP contribution is 2.28. The monoisotopic (exact) mass is 523 g/mol. The molecule has 0 aliphatic carbocycles. The third kappa shape index (κ3) is 7.68. The lowest BCUT2D eigenvalue weighted by Crippen LogP contribution is -2.50. The second-order valence-electron chi connectivity index (χ2n) is 9.16. The van der Waals surface area contributed by atoms with Gasteiger partial charge in [0.05, 0.1) is 20.6 Å². The maximum absolute atomic E-state index is 13.9. The molecule has 7 heteroatoms. The van der Waals surface area contributed by atoms with Crippen LogP contribution in [0.2, 0.25) is 0 Å². The van der Waals surface area contributed by atoms with E-state index < -0.39 is 6.04 Å². The number of nitrogens with one attached hydrogen (secondary N) is 1. The smallest absolute Gasteiger partial charge is 0.243 e. The molecule has 0 saturated carbocycles. The number of benzene rings is 3. The van der Waals surface area contributed by atoms with Gasteiger partial charge in [0.25, 0.3) is 0 Å². The molecule has 200 valence electrons. The van der Waals surface area contributed by atoms with E-state index in [4.69, 9.17) is 9.47 Å². The lowest BCUT2D eigenvalue weighted by atomic mass is 10.0. The van der Waals surface area contributed by atoms with Gasteiger partial charge < -0.3 is 19.7 Å². The Bertz CT molecular complexity index is 1350. The fourth-order valence-electron chi connectivity index (χ4n) is 4.41. The van der Waals surface area contributed by atoms with E-state index in [1.807, 2.05) is 78.9 Å². The van der Waals surface area contributed by atoms with Gasteiger partial charge in [-0.2, -0.15) is 0 Å². The number of carbonyl (C=O) groups excluding carboxylic acids is 2. The largest absolute Gasteiger partial charge is 0.493 e. The topological polar surface area (TPSA) is 80.8 Å². The molecule has 0 bridgehead atoms. The maximum atomic E-state index is 13.9. The average molecular weight is 524 g/mol. The first kappa shape index (κ1) is 27.4. The van der Waals surface area contributed by atoms with Crippen LogP contribution in [-0.2, 0) is 35.5 Å². The summed E-state index contributed by atoms with van der Waals surface area (Å²) in [5.41, 5.74) is 3.56. The highest BCUT2D eigenvalue weighted by atomic mass is 16.5. The van der Waals surface area contributed by atoms with Crippen LogP contribution in [0.1, 0.15) is 22.3 Å². The molecule has 0 aliphatic rings. The molecule has 1 aromatic heterocycles. The lowest BCUT2D eigenvalue weighted by Gasteiger charge is -2.32. The minimum Gasteiger partial charge on any atom is -0.493 e. The highest BCUT2D eigenvalue weighted by Gasteiger charge is 2.30. The number of ether oxygens (including phenoxy) is 2. The van der Waals surface area contributed by atoms with Crippen LogP contribution < -0.4 is 14.8 Å². The van der Waals surface area contributed by atoms with E-state index in [0.717, 1.165) is 22.3 Å². The van der Waals surface area contributed by atoms with Crippen molar-refractivity contribution in [2.24, 2.45) is 0 Å². The maximum Gasteiger partial charge on any atom is 0.243 e. The van der Waals surface area contributed by atoms with Crippen molar-refractivity contribution >= 4 is 11.8 Å². The van der Waals surface area contributed by atoms with Crippen LogP contribution >= 0.6 is 0 Å². The van der Waals surface area contributed by atoms with Gasteiger partial charge in [-0.25, -0.2) is 0 Å². The normalized spacial score (nSPS) is 11.3. The molecule has 0 radical (unpaired) electrons. The quantitative estimate of drug-likeness (QED) is 0.294. The molecule has 4 rings (SSSR count). The number of nitrogens with zero attached hydrogens (tertiary/aromatic N) is 2. The predicted octanol–water partition coefficient (Wildman–Crippen LogP) is 4.60. The number of amides is 2. The summed E-state index contributed by atoms with van der Waals surface area (Å²) in [5, 5.41) is 3.03. The molecule has 0 aliphatic heterocycles. The van der Waals surface area contributed by atoms with Crippen molar-refractivity contribution < 1.29 is 19.1 Å². The van der Waals surface area contributed by atoms with Gasteiger partial charge >= 0.3 is 0 Å². The van der Waals surface area contributed by atoms with E-state index in [0.29, 0.717) is 31.0 Å². The van der Waals surface area contributed by atoms with Gasteiger partial charge in [-0.05, 0) is 40.5 Å². The van der Waals surface area contributed by atoms with Crippen LogP contribution in [0, 0.1) is 0 Å². The Kier molecular flexibility index (Phi) is 9.67. The summed E-state index contributed by atoms with van der Waals surface area (Å²) in [4.78, 5) is 33.5. The minimum absolute atomic E-state index is 0.106. The molecule has 7 nitrogen and oxygen atoms in total. The van der Waals surface area contributed by atoms with Crippen molar-refractivity contribution in [1.29, 1.82) is 0 Å². The summed E-state index contributed by atoms with van der Waals surface area (Å²) in [6.07, 6.45) is 3.90. The predicted molar refractivity (Wildman–Crippen MR) is 150 cm³/mol. The summed E-state index contributed by atoms with van der Waals surface area (Å²) >= 11 is 0. The molecule has 1 atom stereocenters. The summed E-state index contributed by atoms with van der Waals surface area (Å²) in [7, 11) is 3.14. The molecule has 3 aromatic carbocycles. The van der Waals surface area contributed by atoms with Gasteiger partial charge in [0, 0.05) is 31.9 Å². The second-order valence-corrected chi connectivity index (χ2v) is 9.16. The molecular formula is C32H33N3O4. The molecule has 0 spiro atoms. The van der Waals surface area contributed by atoms with E-state index in [2.05, 4.69) is 10.3 Å². The summed E-state index contributed by atoms with van der Waals surface area (Å²) < 4.78 is 10.8. The van der Waals surface area contributed by atoms with Gasteiger partial charge in [-0.1, -0.05) is 72.8 Å². The van der Waals surface area contributed by atoms with Crippen molar-refractivity contribution in [2.75, 3.05) is 14.2 Å². The number of pyridine rings is 1. The Hall–Kier alpha value is -4.65. The summed E-state index contributed by atoms with van der Waals surface area (Å²) in [5.74, 6) is 0.752. The zero-order valence-corrected chi connectivity index (χ0v) is 22.2. The SMILES string of the molecule is COc1ccc(CC(=O)N(Cc2ccccc2)[C@H](Cc2ccccc2)C(=O)NCc2cccnc2)cc1OC. The van der Waals surface area contributed by atoms with Gasteiger partial charge in [0.1, 0.15) is 6.04 Å². The van der Waals surface area contributed by atoms with E-state index in [1.54, 1.807) is 43.6 Å². The van der Waals surface area contributed by atoms with Crippen LogP contribution in [0.4, 0.5) is 0 Å². The van der Waals surface area contributed by atoms with Crippen molar-refractivity contribution in [3.05, 3.63) is 126 Å². The Balaban J connectivity index is 1.65. The molecule has 2 amide bonds. The third-order valence-electron chi connectivity index (χ3n) is 6.46. The zero-order valence-electron chi connectivity index (χ0n) is 22.2. The standard InChI is InChI=1S/C32H33N3O4/c1-38-29-16-15-26(19-30(29)39-2)20-31(36)35(23-25-12-7-4-8-13-25)28(18-24-10-5-3-6-11-24)32(37)34-22-27-14-9-17-33-21-27/h3-17,19,21,28H,18,20,22-23H2,1-2H3,(H,34,37)/t28-/m1/s1. The number of rotatable bonds is 12. The van der Waals surface area contributed by atoms with Crippen LogP contribution in [0.5, 0.6) is 11.5 Å². The van der Waals surface area contributed by atoms with Gasteiger partial charge in [-0.15, -0.1) is 0 Å². The first-order valence-electron chi connectivity index (χ1n) is 12.8. The second kappa shape index (κ2) is 13.8. The van der Waals surface area contributed by atoms with Crippen LogP contribution in [0.3, 0.4) is 0 Å². The van der Waals surface area contributed by atoms with E-state index in [1.165, 1.54) is 0 Å². The summed E-state index contributed by atoms with van der Waals surface area (Å²) in [6.45, 7) is 0.617. The Morgan fingerprint density at radius 1 is 0.795 bits per heavy atom. The van der Waals surface area contributed by atoms with Gasteiger partial charge in [0.15, 0.2) is 11.5 Å². The third-order valence-corrected chi connectivity index (χ3v) is 6.46. The average Bonchev–Trinajstić information content (AvgIpc) is 2.99. The molecule has 0 unspecified atom stereocenters. The molecule has 39 heavy (non-hydrogen) atoms. The summed E-state index contributed by atoms with van der Waals surface area (Å²) in [6, 6.07) is 27.9. The van der Waals surface area contributed by atoms with Crippen LogP contribution in [0.15, 0.2) is 103 Å². The Morgan fingerprint density at radius 2 is 1.46 bits per heavy atom. The number of carbonyl (C=O) groups is 2. The molecular weight excluding hydrogens is 490 g/mol. The molecule has 0 saturated heterocycles. The Morgan fingerprint density at radius 3 is 2.10 bits per heavy atom. The van der Waals surface area contributed by atoms with E-state index >= 15 is 0 Å². The first-order chi connectivity index (χ1) is 19.1. The van der Waals surface area contributed by atoms with Crippen LogP contribution in [-0.4, -0.2) is 42.0 Å². The van der Waals surface area contributed by atoms with Crippen LogP contribution in [0.25, 0.3) is 0 Å². The van der Waals surface area contributed by atoms with Crippen molar-refractivity contribution in [1.82, 2.24) is 15.2 Å². The van der Waals surface area contributed by atoms with E-state index in [-0.39, 0.29) is 18.2 Å². The van der Waals surface area contributed by atoms with Gasteiger partial charge in [0.2, 0.25) is 11.8 Å².